The Balaban J connectivity index is 0. The van der Waals surface area contributed by atoms with E-state index in [0.717, 1.165) is 5.75 Å². The van der Waals surface area contributed by atoms with Gasteiger partial charge in [-0.15, -0.1) is 0 Å². The third-order valence-electron chi connectivity index (χ3n) is 1.55. The van der Waals surface area contributed by atoms with Crippen molar-refractivity contribution in [2.75, 3.05) is 6.61 Å². The molecule has 13 heavy (non-hydrogen) atoms. The summed E-state index contributed by atoms with van der Waals surface area (Å²) in [4.78, 5) is 0. The molecule has 2 rings (SSSR count). The van der Waals surface area contributed by atoms with Gasteiger partial charge >= 0.3 is 0 Å². The van der Waals surface area contributed by atoms with E-state index in [4.69, 9.17) is 4.74 Å². The van der Waals surface area contributed by atoms with E-state index in [-0.39, 0.29) is 55.2 Å². The van der Waals surface area contributed by atoms with Crippen molar-refractivity contribution < 1.29 is 59.9 Å². The van der Waals surface area contributed by atoms with Crippen LogP contribution in [0.1, 0.15) is 5.56 Å². The van der Waals surface area contributed by atoms with Gasteiger partial charge in [0, 0.05) is 60.8 Å². The van der Waals surface area contributed by atoms with E-state index in [0.29, 0.717) is 6.61 Å². The molecule has 0 atom stereocenters. The zero-order valence-corrected chi connectivity index (χ0v) is 11.1. The van der Waals surface area contributed by atoms with Crippen LogP contribution in [-0.2, 0) is 55.2 Å². The fourth-order valence-corrected chi connectivity index (χ4v) is 1.06. The first-order valence-corrected chi connectivity index (χ1v) is 3.35. The Hall–Kier alpha value is 0.487. The average molecular weight is 339 g/mol. The number of hydrogen-bond donors (Lipinski definition) is 0. The van der Waals surface area contributed by atoms with Gasteiger partial charge in [0.25, 0.3) is 0 Å². The second-order valence-electron chi connectivity index (χ2n) is 2.25. The molecular weight excluding hydrogens is 331 g/mol. The number of rotatable bonds is 0. The monoisotopic (exact) mass is 341 g/mol. The van der Waals surface area contributed by atoms with E-state index in [9.17, 15) is 0 Å². The van der Waals surface area contributed by atoms with Gasteiger partial charge in [0.15, 0.2) is 0 Å². The standard InChI is InChI=1S/C9H8O.Co.Cr.Mo/c1-2-6-9-8(4-1)5-3-7-10-9;;;/h1-6H,7H2;;;. The Kier molecular flexibility index (Phi) is 9.63. The summed E-state index contributed by atoms with van der Waals surface area (Å²) in [6, 6.07) is 8.03. The second kappa shape index (κ2) is 7.85. The molecule has 0 fully saturated rings. The molecule has 1 nitrogen and oxygen atoms in total. The van der Waals surface area contributed by atoms with E-state index in [2.05, 4.69) is 6.08 Å². The third kappa shape index (κ3) is 4.02. The van der Waals surface area contributed by atoms with Gasteiger partial charge in [-0.25, -0.2) is 0 Å². The molecule has 71 valence electrons. The minimum atomic E-state index is 0. The van der Waals surface area contributed by atoms with Gasteiger partial charge in [0.1, 0.15) is 12.4 Å². The van der Waals surface area contributed by atoms with Gasteiger partial charge in [0.2, 0.25) is 0 Å². The predicted octanol–water partition coefficient (Wildman–Crippen LogP) is 2.08. The first-order chi connectivity index (χ1) is 4.97. The van der Waals surface area contributed by atoms with Crippen molar-refractivity contribution >= 4 is 6.08 Å². The molecule has 0 aromatic heterocycles. The summed E-state index contributed by atoms with van der Waals surface area (Å²) < 4.78 is 5.34. The molecule has 0 bridgehead atoms. The van der Waals surface area contributed by atoms with Gasteiger partial charge in [-0.1, -0.05) is 24.3 Å². The molecule has 0 unspecified atom stereocenters. The first-order valence-electron chi connectivity index (χ1n) is 3.35. The molecule has 0 aliphatic carbocycles. The molecule has 0 spiro atoms. The maximum Gasteiger partial charge on any atom is 0.126 e. The Morgan fingerprint density at radius 3 is 2.54 bits per heavy atom. The van der Waals surface area contributed by atoms with E-state index in [1.54, 1.807) is 0 Å². The van der Waals surface area contributed by atoms with Crippen LogP contribution < -0.4 is 4.74 Å². The zero-order valence-electron chi connectivity index (χ0n) is 6.73. The number of fused-ring (bicyclic) bond motifs is 1. The van der Waals surface area contributed by atoms with Crippen molar-refractivity contribution in [3.63, 3.8) is 0 Å². The topological polar surface area (TPSA) is 9.23 Å². The molecule has 1 aromatic carbocycles. The van der Waals surface area contributed by atoms with E-state index >= 15 is 0 Å². The van der Waals surface area contributed by atoms with Crippen LogP contribution in [0.25, 0.3) is 6.08 Å². The smallest absolute Gasteiger partial charge is 0.126 e. The van der Waals surface area contributed by atoms with Crippen molar-refractivity contribution in [3.8, 4) is 5.75 Å². The quantitative estimate of drug-likeness (QED) is 0.658. The molecule has 4 heteroatoms. The van der Waals surface area contributed by atoms with Crippen molar-refractivity contribution in [1.82, 2.24) is 0 Å². The largest absolute Gasteiger partial charge is 0.489 e. The average Bonchev–Trinajstić information content (AvgIpc) is 2.05. The normalized spacial score (nSPS) is 10.8. The zero-order chi connectivity index (χ0) is 6.81. The molecule has 1 aliphatic rings. The summed E-state index contributed by atoms with van der Waals surface area (Å²) in [5, 5.41) is 0. The third-order valence-corrected chi connectivity index (χ3v) is 1.55. The molecule has 0 amide bonds. The summed E-state index contributed by atoms with van der Waals surface area (Å²) >= 11 is 0. The van der Waals surface area contributed by atoms with E-state index in [1.165, 1.54) is 5.56 Å². The second-order valence-corrected chi connectivity index (χ2v) is 2.25. The Labute approximate surface area is 114 Å². The molecule has 1 radical (unpaired) electrons. The van der Waals surface area contributed by atoms with Crippen molar-refractivity contribution in [3.05, 3.63) is 35.9 Å². The predicted molar refractivity (Wildman–Crippen MR) is 41.0 cm³/mol. The minimum absolute atomic E-state index is 0. The van der Waals surface area contributed by atoms with Crippen LogP contribution in [0.15, 0.2) is 30.3 Å². The maximum absolute atomic E-state index is 5.34. The summed E-state index contributed by atoms with van der Waals surface area (Å²) in [6.07, 6.45) is 4.10. The van der Waals surface area contributed by atoms with E-state index in [1.807, 2.05) is 30.3 Å². The molecular formula is C9H8CoCrMoO. The van der Waals surface area contributed by atoms with Crippen molar-refractivity contribution in [2.45, 2.75) is 0 Å². The number of ether oxygens (including phenoxy) is 1. The van der Waals surface area contributed by atoms with Gasteiger partial charge in [-0.05, 0) is 12.1 Å². The number of benzene rings is 1. The Morgan fingerprint density at radius 2 is 1.85 bits per heavy atom. The summed E-state index contributed by atoms with van der Waals surface area (Å²) in [7, 11) is 0. The van der Waals surface area contributed by atoms with Gasteiger partial charge < -0.3 is 4.74 Å². The molecule has 1 heterocycles. The maximum atomic E-state index is 5.34. The fraction of sp³-hybridized carbons (Fsp3) is 0.111. The van der Waals surface area contributed by atoms with Crippen LogP contribution in [-0.4, -0.2) is 6.61 Å². The molecule has 0 saturated heterocycles. The SMILES string of the molecule is C1=Cc2ccccc2OC1.[Co].[Cr].[Mo]. The first kappa shape index (κ1) is 15.9. The van der Waals surface area contributed by atoms with Crippen LogP contribution >= 0.6 is 0 Å². The summed E-state index contributed by atoms with van der Waals surface area (Å²) in [6.45, 7) is 0.705. The molecule has 0 N–H and O–H groups in total. The minimum Gasteiger partial charge on any atom is -0.489 e. The van der Waals surface area contributed by atoms with Crippen LogP contribution in [0.3, 0.4) is 0 Å². The van der Waals surface area contributed by atoms with Crippen LogP contribution in [0.2, 0.25) is 0 Å². The van der Waals surface area contributed by atoms with Crippen molar-refractivity contribution in [2.24, 2.45) is 0 Å². The Bertz CT molecular complexity index is 278. The number of hydrogen-bond acceptors (Lipinski definition) is 1. The fourth-order valence-electron chi connectivity index (χ4n) is 1.06. The molecule has 1 aliphatic heterocycles. The van der Waals surface area contributed by atoms with Crippen LogP contribution in [0, 0.1) is 0 Å². The Morgan fingerprint density at radius 1 is 1.15 bits per heavy atom. The van der Waals surface area contributed by atoms with Crippen molar-refractivity contribution in [1.29, 1.82) is 0 Å². The van der Waals surface area contributed by atoms with E-state index < -0.39 is 0 Å². The summed E-state index contributed by atoms with van der Waals surface area (Å²) in [5.41, 5.74) is 1.17. The summed E-state index contributed by atoms with van der Waals surface area (Å²) in [5.74, 6) is 0.991. The molecule has 0 saturated carbocycles. The van der Waals surface area contributed by atoms with Gasteiger partial charge in [-0.3, -0.25) is 0 Å². The van der Waals surface area contributed by atoms with Crippen LogP contribution in [0.5, 0.6) is 5.75 Å². The molecule has 1 aromatic rings. The van der Waals surface area contributed by atoms with Gasteiger partial charge in [-0.2, -0.15) is 0 Å². The van der Waals surface area contributed by atoms with Gasteiger partial charge in [0.05, 0.1) is 0 Å². The number of para-hydroxylation sites is 1. The van der Waals surface area contributed by atoms with Crippen LogP contribution in [0.4, 0.5) is 0 Å².